The van der Waals surface area contributed by atoms with Crippen LogP contribution in [0.25, 0.3) is 5.52 Å². The van der Waals surface area contributed by atoms with Crippen molar-refractivity contribution in [1.82, 2.24) is 19.6 Å². The maximum atomic E-state index is 13.1. The number of aliphatic hydroxyl groups is 1. The van der Waals surface area contributed by atoms with E-state index in [4.69, 9.17) is 9.72 Å². The Morgan fingerprint density at radius 2 is 1.90 bits per heavy atom. The molecular weight excluding hydrogens is 392 g/mol. The van der Waals surface area contributed by atoms with Gasteiger partial charge in [-0.25, -0.2) is 4.98 Å². The van der Waals surface area contributed by atoms with Gasteiger partial charge in [0, 0.05) is 25.2 Å². The fourth-order valence-electron chi connectivity index (χ4n) is 5.21. The number of piperidine rings is 1. The number of fused-ring (bicyclic) bond motifs is 2. The molecule has 0 bridgehead atoms. The molecule has 3 aliphatic rings. The van der Waals surface area contributed by atoms with Crippen LogP contribution in [-0.2, 0) is 15.1 Å². The molecule has 7 nitrogen and oxygen atoms in total. The predicted molar refractivity (Wildman–Crippen MR) is 117 cm³/mol. The molecule has 2 aromatic heterocycles. The molecule has 168 valence electrons. The van der Waals surface area contributed by atoms with E-state index in [0.29, 0.717) is 19.0 Å². The van der Waals surface area contributed by atoms with Gasteiger partial charge in [0.15, 0.2) is 0 Å². The van der Waals surface area contributed by atoms with Gasteiger partial charge < -0.3 is 19.6 Å². The van der Waals surface area contributed by atoms with Crippen LogP contribution >= 0.6 is 0 Å². The highest BCUT2D eigenvalue weighted by Crippen LogP contribution is 2.52. The molecule has 0 aromatic carbocycles. The van der Waals surface area contributed by atoms with Crippen LogP contribution < -0.4 is 5.32 Å². The van der Waals surface area contributed by atoms with Crippen molar-refractivity contribution in [2.75, 3.05) is 13.1 Å². The zero-order valence-electron chi connectivity index (χ0n) is 19.1. The van der Waals surface area contributed by atoms with E-state index in [1.165, 1.54) is 18.4 Å². The number of pyridine rings is 1. The SMILES string of the molecule is CC(C)(C)OC(O)N1C[C@@H]2[C@H](C1)[C@H]2C(=O)NC(C)(C)c1ncc2c(C3CC3)cccn12. The number of ether oxygens (including phenoxy) is 1. The minimum atomic E-state index is -0.912. The van der Waals surface area contributed by atoms with Gasteiger partial charge in [-0.1, -0.05) is 6.07 Å². The average molecular weight is 427 g/mol. The molecular formula is C24H34N4O3. The second-order valence-corrected chi connectivity index (χ2v) is 11.1. The molecule has 2 aromatic rings. The van der Waals surface area contributed by atoms with Crippen molar-refractivity contribution in [3.05, 3.63) is 35.9 Å². The summed E-state index contributed by atoms with van der Waals surface area (Å²) in [5.41, 5.74) is 1.53. The van der Waals surface area contributed by atoms with E-state index in [-0.39, 0.29) is 23.7 Å². The van der Waals surface area contributed by atoms with Gasteiger partial charge in [0.2, 0.25) is 12.3 Å². The van der Waals surface area contributed by atoms with Crippen LogP contribution in [0.3, 0.4) is 0 Å². The van der Waals surface area contributed by atoms with Crippen molar-refractivity contribution in [3.8, 4) is 0 Å². The fourth-order valence-corrected chi connectivity index (χ4v) is 5.21. The highest BCUT2D eigenvalue weighted by atomic mass is 16.6. The molecule has 7 heteroatoms. The van der Waals surface area contributed by atoms with Crippen molar-refractivity contribution in [2.24, 2.45) is 17.8 Å². The van der Waals surface area contributed by atoms with Crippen LogP contribution in [0.15, 0.2) is 24.5 Å². The topological polar surface area (TPSA) is 79.1 Å². The van der Waals surface area contributed by atoms with E-state index in [1.54, 1.807) is 0 Å². The number of hydrogen-bond donors (Lipinski definition) is 2. The summed E-state index contributed by atoms with van der Waals surface area (Å²) < 4.78 is 7.79. The predicted octanol–water partition coefficient (Wildman–Crippen LogP) is 2.83. The van der Waals surface area contributed by atoms with E-state index in [2.05, 4.69) is 21.9 Å². The summed E-state index contributed by atoms with van der Waals surface area (Å²) in [6, 6.07) is 4.27. The van der Waals surface area contributed by atoms with E-state index < -0.39 is 17.6 Å². The number of likely N-dealkylation sites (tertiary alicyclic amines) is 1. The lowest BCUT2D eigenvalue weighted by molar-refractivity contribution is -0.236. The largest absolute Gasteiger partial charge is 0.356 e. The Bertz CT molecular complexity index is 992. The molecule has 2 aliphatic carbocycles. The third-order valence-corrected chi connectivity index (χ3v) is 6.91. The maximum Gasteiger partial charge on any atom is 0.224 e. The Labute approximate surface area is 183 Å². The Kier molecular flexibility index (Phi) is 4.74. The van der Waals surface area contributed by atoms with Gasteiger partial charge in [0.05, 0.1) is 22.9 Å². The number of imidazole rings is 1. The second-order valence-electron chi connectivity index (χ2n) is 11.1. The molecule has 0 spiro atoms. The van der Waals surface area contributed by atoms with E-state index >= 15 is 0 Å². The number of nitrogens with zero attached hydrogens (tertiary/aromatic N) is 3. The first-order valence-electron chi connectivity index (χ1n) is 11.4. The third kappa shape index (κ3) is 3.88. The quantitative estimate of drug-likeness (QED) is 0.695. The molecule has 1 unspecified atom stereocenters. The molecule has 1 aliphatic heterocycles. The average Bonchev–Trinajstić information content (AvgIpc) is 3.53. The zero-order valence-corrected chi connectivity index (χ0v) is 19.1. The summed E-state index contributed by atoms with van der Waals surface area (Å²) in [6.07, 6.45) is 5.56. The zero-order chi connectivity index (χ0) is 22.1. The Morgan fingerprint density at radius 1 is 1.23 bits per heavy atom. The summed E-state index contributed by atoms with van der Waals surface area (Å²) in [6.45, 7) is 11.2. The number of aliphatic hydroxyl groups excluding tert-OH is 1. The summed E-state index contributed by atoms with van der Waals surface area (Å²) >= 11 is 0. The van der Waals surface area contributed by atoms with Crippen molar-refractivity contribution in [2.45, 2.75) is 70.9 Å². The number of carbonyl (C=O) groups excluding carboxylic acids is 1. The first-order chi connectivity index (χ1) is 14.5. The number of nitrogens with one attached hydrogen (secondary N) is 1. The van der Waals surface area contributed by atoms with Crippen LogP contribution in [0.4, 0.5) is 0 Å². The van der Waals surface area contributed by atoms with Crippen molar-refractivity contribution >= 4 is 11.4 Å². The minimum Gasteiger partial charge on any atom is -0.356 e. The van der Waals surface area contributed by atoms with Gasteiger partial charge in [0.25, 0.3) is 0 Å². The van der Waals surface area contributed by atoms with E-state index in [9.17, 15) is 9.90 Å². The monoisotopic (exact) mass is 426 g/mol. The van der Waals surface area contributed by atoms with Crippen LogP contribution in [-0.4, -0.2) is 50.4 Å². The highest BCUT2D eigenvalue weighted by Gasteiger charge is 2.60. The lowest BCUT2D eigenvalue weighted by Crippen LogP contribution is -2.46. The molecule has 0 radical (unpaired) electrons. The Morgan fingerprint density at radius 3 is 2.52 bits per heavy atom. The van der Waals surface area contributed by atoms with E-state index in [1.807, 2.05) is 51.9 Å². The second kappa shape index (κ2) is 7.02. The molecule has 2 N–H and O–H groups in total. The van der Waals surface area contributed by atoms with Crippen LogP contribution in [0.2, 0.25) is 0 Å². The molecule has 1 amide bonds. The van der Waals surface area contributed by atoms with E-state index in [0.717, 1.165) is 11.3 Å². The first kappa shape index (κ1) is 20.9. The van der Waals surface area contributed by atoms with Crippen molar-refractivity contribution in [3.63, 3.8) is 0 Å². The van der Waals surface area contributed by atoms with Gasteiger partial charge in [-0.2, -0.15) is 0 Å². The Balaban J connectivity index is 1.24. The number of amides is 1. The van der Waals surface area contributed by atoms with Gasteiger partial charge in [0.1, 0.15) is 5.82 Å². The van der Waals surface area contributed by atoms with Gasteiger partial charge in [-0.3, -0.25) is 9.69 Å². The molecule has 4 atom stereocenters. The summed E-state index contributed by atoms with van der Waals surface area (Å²) in [4.78, 5) is 19.7. The van der Waals surface area contributed by atoms with Crippen molar-refractivity contribution in [1.29, 1.82) is 0 Å². The van der Waals surface area contributed by atoms with Crippen LogP contribution in [0.1, 0.15) is 64.8 Å². The molecule has 3 heterocycles. The smallest absolute Gasteiger partial charge is 0.224 e. The first-order valence-corrected chi connectivity index (χ1v) is 11.4. The summed E-state index contributed by atoms with van der Waals surface area (Å²) in [5, 5.41) is 13.6. The molecule has 31 heavy (non-hydrogen) atoms. The summed E-state index contributed by atoms with van der Waals surface area (Å²) in [5.74, 6) is 2.17. The highest BCUT2D eigenvalue weighted by molar-refractivity contribution is 5.83. The summed E-state index contributed by atoms with van der Waals surface area (Å²) in [7, 11) is 0. The van der Waals surface area contributed by atoms with Gasteiger partial charge >= 0.3 is 0 Å². The van der Waals surface area contributed by atoms with Gasteiger partial charge in [-0.15, -0.1) is 0 Å². The third-order valence-electron chi connectivity index (χ3n) is 6.91. The minimum absolute atomic E-state index is 0.00520. The molecule has 1 saturated heterocycles. The van der Waals surface area contributed by atoms with Gasteiger partial charge in [-0.05, 0) is 76.8 Å². The number of rotatable bonds is 6. The standard InChI is InChI=1S/C24H34N4O3/c1-23(2,3)31-22(30)27-12-16-17(13-27)19(16)20(29)26-24(4,5)21-25-11-18-15(14-8-9-14)7-6-10-28(18)21/h6-7,10-11,14,16-17,19,22,30H,8-9,12-13H2,1-5H3,(H,26,29)/t16-,17+,19+,22?. The Hall–Kier alpha value is -1.96. The lowest BCUT2D eigenvalue weighted by Gasteiger charge is -2.31. The fraction of sp³-hybridized carbons (Fsp3) is 0.667. The van der Waals surface area contributed by atoms with Crippen molar-refractivity contribution < 1.29 is 14.6 Å². The van der Waals surface area contributed by atoms with Crippen LogP contribution in [0.5, 0.6) is 0 Å². The molecule has 5 rings (SSSR count). The van der Waals surface area contributed by atoms with Crippen LogP contribution in [0, 0.1) is 17.8 Å². The lowest BCUT2D eigenvalue weighted by atomic mass is 10.0. The molecule has 2 saturated carbocycles. The number of hydrogen-bond acceptors (Lipinski definition) is 5. The molecule has 3 fully saturated rings. The number of carbonyl (C=O) groups is 1. The maximum absolute atomic E-state index is 13.1. The number of aromatic nitrogens is 2. The normalized spacial score (nSPS) is 27.4.